The van der Waals surface area contributed by atoms with Gasteiger partial charge in [0.2, 0.25) is 0 Å². The third-order valence-electron chi connectivity index (χ3n) is 2.67. The molecule has 1 heterocycles. The van der Waals surface area contributed by atoms with Crippen LogP contribution < -0.4 is 11.1 Å². The summed E-state index contributed by atoms with van der Waals surface area (Å²) in [4.78, 5) is 4.13. The minimum absolute atomic E-state index is 0.320. The Balaban J connectivity index is 2.26. The third kappa shape index (κ3) is 2.29. The Hall–Kier alpha value is -1.51. The lowest BCUT2D eigenvalue weighted by Crippen LogP contribution is -2.38. The lowest BCUT2D eigenvalue weighted by Gasteiger charge is -2.23. The number of aliphatic imine (C=N–C) groups is 1. The van der Waals surface area contributed by atoms with E-state index in [1.165, 1.54) is 16.7 Å². The van der Waals surface area contributed by atoms with Gasteiger partial charge in [-0.25, -0.2) is 0 Å². The normalized spacial score (nSPS) is 20.7. The Morgan fingerprint density at radius 2 is 1.93 bits per heavy atom. The van der Waals surface area contributed by atoms with Crippen molar-refractivity contribution >= 4 is 5.96 Å². The zero-order valence-electron chi connectivity index (χ0n) is 9.25. The predicted octanol–water partition coefficient (Wildman–Crippen LogP) is 1.65. The minimum atomic E-state index is 0.320. The van der Waals surface area contributed by atoms with Crippen molar-refractivity contribution in [1.82, 2.24) is 5.32 Å². The van der Waals surface area contributed by atoms with Gasteiger partial charge in [-0.15, -0.1) is 0 Å². The molecule has 1 aliphatic rings. The standard InChI is InChI=1S/C12H17N3/c1-8-5-9(2)7-10(6-8)11-3-4-14-12(13)15-11/h5-7,11H,3-4H2,1-2H3,(H3,13,14,15). The topological polar surface area (TPSA) is 50.4 Å². The smallest absolute Gasteiger partial charge is 0.189 e. The summed E-state index contributed by atoms with van der Waals surface area (Å²) in [6.07, 6.45) is 1.02. The summed E-state index contributed by atoms with van der Waals surface area (Å²) in [5.41, 5.74) is 9.59. The molecule has 1 aliphatic heterocycles. The van der Waals surface area contributed by atoms with Gasteiger partial charge in [0.1, 0.15) is 0 Å². The van der Waals surface area contributed by atoms with Crippen LogP contribution in [0.3, 0.4) is 0 Å². The number of guanidine groups is 1. The van der Waals surface area contributed by atoms with Gasteiger partial charge >= 0.3 is 0 Å². The fraction of sp³-hybridized carbons (Fsp3) is 0.417. The molecule has 0 bridgehead atoms. The van der Waals surface area contributed by atoms with Gasteiger partial charge in [0.05, 0.1) is 6.04 Å². The van der Waals surface area contributed by atoms with Gasteiger partial charge in [0.15, 0.2) is 5.96 Å². The Morgan fingerprint density at radius 3 is 2.53 bits per heavy atom. The number of benzene rings is 1. The van der Waals surface area contributed by atoms with Gasteiger partial charge in [0, 0.05) is 6.54 Å². The summed E-state index contributed by atoms with van der Waals surface area (Å²) >= 11 is 0. The average molecular weight is 203 g/mol. The van der Waals surface area contributed by atoms with Crippen molar-refractivity contribution < 1.29 is 0 Å². The second-order valence-electron chi connectivity index (χ2n) is 4.17. The van der Waals surface area contributed by atoms with Crippen LogP contribution in [0.2, 0.25) is 0 Å². The molecule has 0 aliphatic carbocycles. The van der Waals surface area contributed by atoms with E-state index >= 15 is 0 Å². The second-order valence-corrected chi connectivity index (χ2v) is 4.17. The van der Waals surface area contributed by atoms with Crippen molar-refractivity contribution in [3.63, 3.8) is 0 Å². The fourth-order valence-corrected chi connectivity index (χ4v) is 2.07. The fourth-order valence-electron chi connectivity index (χ4n) is 2.07. The average Bonchev–Trinajstić information content (AvgIpc) is 2.16. The van der Waals surface area contributed by atoms with Gasteiger partial charge in [0.25, 0.3) is 0 Å². The lowest BCUT2D eigenvalue weighted by atomic mass is 9.98. The Morgan fingerprint density at radius 1 is 1.27 bits per heavy atom. The first-order valence-corrected chi connectivity index (χ1v) is 5.30. The highest BCUT2D eigenvalue weighted by Gasteiger charge is 2.15. The quantitative estimate of drug-likeness (QED) is 0.729. The molecule has 0 amide bonds. The van der Waals surface area contributed by atoms with Crippen LogP contribution in [-0.2, 0) is 0 Å². The van der Waals surface area contributed by atoms with E-state index in [2.05, 4.69) is 42.4 Å². The van der Waals surface area contributed by atoms with E-state index in [4.69, 9.17) is 5.73 Å². The van der Waals surface area contributed by atoms with Crippen molar-refractivity contribution in [2.45, 2.75) is 26.3 Å². The molecule has 3 nitrogen and oxygen atoms in total. The molecule has 3 N–H and O–H groups in total. The first kappa shape index (κ1) is 10.0. The van der Waals surface area contributed by atoms with E-state index in [0.717, 1.165) is 13.0 Å². The largest absolute Gasteiger partial charge is 0.370 e. The molecule has 15 heavy (non-hydrogen) atoms. The zero-order valence-corrected chi connectivity index (χ0v) is 9.25. The second kappa shape index (κ2) is 3.93. The number of hydrogen-bond acceptors (Lipinski definition) is 3. The van der Waals surface area contributed by atoms with Crippen LogP contribution in [0.4, 0.5) is 0 Å². The number of hydrogen-bond donors (Lipinski definition) is 2. The summed E-state index contributed by atoms with van der Waals surface area (Å²) in [7, 11) is 0. The van der Waals surface area contributed by atoms with Gasteiger partial charge in [-0.1, -0.05) is 29.3 Å². The molecule has 0 saturated heterocycles. The zero-order chi connectivity index (χ0) is 10.8. The van der Waals surface area contributed by atoms with Crippen molar-refractivity contribution in [2.75, 3.05) is 6.54 Å². The molecule has 1 unspecified atom stereocenters. The van der Waals surface area contributed by atoms with E-state index in [1.54, 1.807) is 0 Å². The Bertz CT molecular complexity index is 376. The van der Waals surface area contributed by atoms with Crippen molar-refractivity contribution in [3.8, 4) is 0 Å². The molecule has 1 aromatic carbocycles. The molecule has 0 spiro atoms. The molecule has 0 fully saturated rings. The van der Waals surface area contributed by atoms with E-state index in [0.29, 0.717) is 12.0 Å². The molecule has 3 heteroatoms. The predicted molar refractivity (Wildman–Crippen MR) is 62.9 cm³/mol. The number of nitrogens with two attached hydrogens (primary N) is 1. The van der Waals surface area contributed by atoms with Gasteiger partial charge < -0.3 is 11.1 Å². The highest BCUT2D eigenvalue weighted by Crippen LogP contribution is 2.21. The Kier molecular flexibility index (Phi) is 2.62. The SMILES string of the molecule is Cc1cc(C)cc(C2CCN=C(N)N2)c1. The van der Waals surface area contributed by atoms with E-state index < -0.39 is 0 Å². The lowest BCUT2D eigenvalue weighted by molar-refractivity contribution is 0.568. The number of rotatable bonds is 1. The van der Waals surface area contributed by atoms with Gasteiger partial charge in [-0.05, 0) is 25.8 Å². The maximum Gasteiger partial charge on any atom is 0.189 e. The van der Waals surface area contributed by atoms with Crippen LogP contribution >= 0.6 is 0 Å². The van der Waals surface area contributed by atoms with Gasteiger partial charge in [-0.3, -0.25) is 4.99 Å². The number of nitrogens with one attached hydrogen (secondary N) is 1. The van der Waals surface area contributed by atoms with Gasteiger partial charge in [-0.2, -0.15) is 0 Å². The van der Waals surface area contributed by atoms with Crippen molar-refractivity contribution in [2.24, 2.45) is 10.7 Å². The molecule has 2 rings (SSSR count). The van der Waals surface area contributed by atoms with Crippen LogP contribution in [0.5, 0.6) is 0 Å². The summed E-state index contributed by atoms with van der Waals surface area (Å²) in [6, 6.07) is 6.93. The molecular weight excluding hydrogens is 186 g/mol. The van der Waals surface area contributed by atoms with E-state index in [-0.39, 0.29) is 0 Å². The number of nitrogens with zero attached hydrogens (tertiary/aromatic N) is 1. The van der Waals surface area contributed by atoms with Crippen LogP contribution in [0.15, 0.2) is 23.2 Å². The summed E-state index contributed by atoms with van der Waals surface area (Å²) in [5.74, 6) is 0.561. The first-order valence-electron chi connectivity index (χ1n) is 5.30. The highest BCUT2D eigenvalue weighted by molar-refractivity contribution is 5.78. The molecule has 0 saturated carbocycles. The number of aryl methyl sites for hydroxylation is 2. The van der Waals surface area contributed by atoms with E-state index in [1.807, 2.05) is 0 Å². The Labute approximate surface area is 90.4 Å². The summed E-state index contributed by atoms with van der Waals surface area (Å²) in [5, 5.41) is 3.21. The molecule has 80 valence electrons. The van der Waals surface area contributed by atoms with Crippen LogP contribution in [0.1, 0.15) is 29.2 Å². The highest BCUT2D eigenvalue weighted by atomic mass is 15.1. The molecular formula is C12H17N3. The third-order valence-corrected chi connectivity index (χ3v) is 2.67. The van der Waals surface area contributed by atoms with Crippen LogP contribution in [0.25, 0.3) is 0 Å². The molecule has 0 radical (unpaired) electrons. The van der Waals surface area contributed by atoms with Crippen LogP contribution in [-0.4, -0.2) is 12.5 Å². The first-order chi connectivity index (χ1) is 7.15. The monoisotopic (exact) mass is 203 g/mol. The van der Waals surface area contributed by atoms with Crippen molar-refractivity contribution in [3.05, 3.63) is 34.9 Å². The van der Waals surface area contributed by atoms with Crippen LogP contribution in [0, 0.1) is 13.8 Å². The summed E-state index contributed by atoms with van der Waals surface area (Å²) in [6.45, 7) is 5.06. The van der Waals surface area contributed by atoms with Crippen molar-refractivity contribution in [1.29, 1.82) is 0 Å². The minimum Gasteiger partial charge on any atom is -0.370 e. The maximum absolute atomic E-state index is 5.68. The molecule has 1 atom stereocenters. The molecule has 0 aromatic heterocycles. The molecule has 1 aromatic rings. The maximum atomic E-state index is 5.68. The summed E-state index contributed by atoms with van der Waals surface area (Å²) < 4.78 is 0. The van der Waals surface area contributed by atoms with E-state index in [9.17, 15) is 0 Å².